The zero-order valence-electron chi connectivity index (χ0n) is 9.69. The van der Waals surface area contributed by atoms with Gasteiger partial charge in [0.1, 0.15) is 0 Å². The molecule has 88 valence electrons. The van der Waals surface area contributed by atoms with Crippen molar-refractivity contribution in [1.82, 2.24) is 10.2 Å². The average Bonchev–Trinajstić information content (AvgIpc) is 2.85. The van der Waals surface area contributed by atoms with Crippen molar-refractivity contribution in [1.29, 1.82) is 0 Å². The van der Waals surface area contributed by atoms with Gasteiger partial charge < -0.3 is 5.32 Å². The molecule has 1 fully saturated rings. The molecule has 2 aliphatic heterocycles. The molecule has 4 heteroatoms. The molecule has 0 aromatic heterocycles. The molecule has 3 rings (SSSR count). The maximum Gasteiger partial charge on any atom is 0.262 e. The summed E-state index contributed by atoms with van der Waals surface area (Å²) in [5.41, 5.74) is 0.684. The van der Waals surface area contributed by atoms with E-state index in [0.717, 1.165) is 13.0 Å². The summed E-state index contributed by atoms with van der Waals surface area (Å²) in [6.45, 7) is 3.50. The topological polar surface area (TPSA) is 49.4 Å². The molecule has 2 aliphatic rings. The lowest BCUT2D eigenvalue weighted by Crippen LogP contribution is -2.51. The Hall–Kier alpha value is -1.68. The molecule has 0 radical (unpaired) electrons. The zero-order valence-corrected chi connectivity index (χ0v) is 9.69. The van der Waals surface area contributed by atoms with Crippen LogP contribution in [0.4, 0.5) is 0 Å². The fourth-order valence-electron chi connectivity index (χ4n) is 2.67. The van der Waals surface area contributed by atoms with E-state index in [2.05, 4.69) is 5.32 Å². The van der Waals surface area contributed by atoms with E-state index in [4.69, 9.17) is 0 Å². The van der Waals surface area contributed by atoms with Crippen LogP contribution in [-0.2, 0) is 0 Å². The molecule has 1 aromatic rings. The third-order valence-corrected chi connectivity index (χ3v) is 3.68. The van der Waals surface area contributed by atoms with Gasteiger partial charge in [-0.05, 0) is 32.0 Å². The van der Waals surface area contributed by atoms with Crippen LogP contribution in [0.25, 0.3) is 0 Å². The van der Waals surface area contributed by atoms with Crippen molar-refractivity contribution in [2.45, 2.75) is 18.9 Å². The number of hydrogen-bond donors (Lipinski definition) is 1. The number of imide groups is 1. The number of fused-ring (bicyclic) bond motifs is 1. The lowest BCUT2D eigenvalue weighted by Gasteiger charge is -2.32. The van der Waals surface area contributed by atoms with Gasteiger partial charge in [0.05, 0.1) is 16.7 Å². The van der Waals surface area contributed by atoms with E-state index in [1.807, 2.05) is 6.92 Å². The van der Waals surface area contributed by atoms with Gasteiger partial charge in [0.15, 0.2) is 0 Å². The SMILES string of the molecule is CC1(N2C(=O)c3ccccc3C2=O)CCNC1. The molecule has 2 heterocycles. The summed E-state index contributed by atoms with van der Waals surface area (Å²) >= 11 is 0. The van der Waals surface area contributed by atoms with E-state index in [-0.39, 0.29) is 17.4 Å². The zero-order chi connectivity index (χ0) is 12.0. The van der Waals surface area contributed by atoms with Crippen molar-refractivity contribution in [3.8, 4) is 0 Å². The first-order valence-corrected chi connectivity index (χ1v) is 5.82. The fourth-order valence-corrected chi connectivity index (χ4v) is 2.67. The third-order valence-electron chi connectivity index (χ3n) is 3.68. The fraction of sp³-hybridized carbons (Fsp3) is 0.385. The van der Waals surface area contributed by atoms with E-state index in [9.17, 15) is 9.59 Å². The second-order valence-corrected chi connectivity index (χ2v) is 4.92. The summed E-state index contributed by atoms with van der Waals surface area (Å²) in [6, 6.07) is 7.04. The summed E-state index contributed by atoms with van der Waals surface area (Å²) in [6.07, 6.45) is 0.818. The number of amides is 2. The Labute approximate surface area is 99.6 Å². The van der Waals surface area contributed by atoms with Crippen molar-refractivity contribution in [3.05, 3.63) is 35.4 Å². The van der Waals surface area contributed by atoms with Gasteiger partial charge in [0.25, 0.3) is 11.8 Å². The number of carbonyl (C=O) groups is 2. The van der Waals surface area contributed by atoms with Gasteiger partial charge in [-0.2, -0.15) is 0 Å². The molecule has 0 saturated carbocycles. The Morgan fingerprint density at radius 1 is 1.18 bits per heavy atom. The standard InChI is InChI=1S/C13H14N2O2/c1-13(6-7-14-8-13)15-11(16)9-4-2-3-5-10(9)12(15)17/h2-5,14H,6-8H2,1H3. The number of hydrogen-bond acceptors (Lipinski definition) is 3. The molecule has 1 atom stereocenters. The molecule has 0 spiro atoms. The number of rotatable bonds is 1. The number of carbonyl (C=O) groups excluding carboxylic acids is 2. The molecule has 1 saturated heterocycles. The Kier molecular flexibility index (Phi) is 2.10. The first kappa shape index (κ1) is 10.5. The first-order chi connectivity index (χ1) is 8.13. The minimum atomic E-state index is -0.382. The molecule has 17 heavy (non-hydrogen) atoms. The number of nitrogens with one attached hydrogen (secondary N) is 1. The summed E-state index contributed by atoms with van der Waals surface area (Å²) in [7, 11) is 0. The highest BCUT2D eigenvalue weighted by Crippen LogP contribution is 2.32. The Balaban J connectivity index is 2.06. The van der Waals surface area contributed by atoms with Crippen LogP contribution in [0.2, 0.25) is 0 Å². The van der Waals surface area contributed by atoms with Crippen LogP contribution in [0.15, 0.2) is 24.3 Å². The van der Waals surface area contributed by atoms with E-state index in [0.29, 0.717) is 17.7 Å². The quantitative estimate of drug-likeness (QED) is 0.733. The minimum absolute atomic E-state index is 0.156. The number of nitrogens with zero attached hydrogens (tertiary/aromatic N) is 1. The van der Waals surface area contributed by atoms with Gasteiger partial charge in [-0.1, -0.05) is 12.1 Å². The van der Waals surface area contributed by atoms with E-state index in [1.165, 1.54) is 4.90 Å². The van der Waals surface area contributed by atoms with Crippen LogP contribution in [0.3, 0.4) is 0 Å². The molecule has 0 bridgehead atoms. The first-order valence-electron chi connectivity index (χ1n) is 5.82. The monoisotopic (exact) mass is 230 g/mol. The predicted octanol–water partition coefficient (Wildman–Crippen LogP) is 1.03. The van der Waals surface area contributed by atoms with Crippen molar-refractivity contribution < 1.29 is 9.59 Å². The molecule has 1 aromatic carbocycles. The summed E-state index contributed by atoms with van der Waals surface area (Å²) in [5, 5.41) is 3.21. The minimum Gasteiger partial charge on any atom is -0.314 e. The number of benzene rings is 1. The van der Waals surface area contributed by atoms with Crippen LogP contribution in [-0.4, -0.2) is 35.3 Å². The second-order valence-electron chi connectivity index (χ2n) is 4.92. The molecule has 1 unspecified atom stereocenters. The Morgan fingerprint density at radius 3 is 2.24 bits per heavy atom. The van der Waals surface area contributed by atoms with Gasteiger partial charge in [-0.15, -0.1) is 0 Å². The maximum atomic E-state index is 12.3. The van der Waals surface area contributed by atoms with Crippen molar-refractivity contribution in [3.63, 3.8) is 0 Å². The highest BCUT2D eigenvalue weighted by atomic mass is 16.2. The molecule has 0 aliphatic carbocycles. The van der Waals surface area contributed by atoms with E-state index >= 15 is 0 Å². The Morgan fingerprint density at radius 2 is 1.76 bits per heavy atom. The van der Waals surface area contributed by atoms with Crippen LogP contribution < -0.4 is 5.32 Å². The van der Waals surface area contributed by atoms with Crippen molar-refractivity contribution in [2.24, 2.45) is 0 Å². The van der Waals surface area contributed by atoms with Gasteiger partial charge >= 0.3 is 0 Å². The summed E-state index contributed by atoms with van der Waals surface area (Å²) in [4.78, 5) is 26.0. The van der Waals surface area contributed by atoms with Crippen molar-refractivity contribution in [2.75, 3.05) is 13.1 Å². The molecule has 1 N–H and O–H groups in total. The van der Waals surface area contributed by atoms with E-state index in [1.54, 1.807) is 24.3 Å². The normalized spacial score (nSPS) is 27.7. The van der Waals surface area contributed by atoms with Crippen LogP contribution in [0.1, 0.15) is 34.1 Å². The average molecular weight is 230 g/mol. The lowest BCUT2D eigenvalue weighted by molar-refractivity contribution is 0.0482. The molecular weight excluding hydrogens is 216 g/mol. The lowest BCUT2D eigenvalue weighted by atomic mass is 9.99. The van der Waals surface area contributed by atoms with Crippen LogP contribution >= 0.6 is 0 Å². The summed E-state index contributed by atoms with van der Waals surface area (Å²) in [5.74, 6) is -0.311. The van der Waals surface area contributed by atoms with Crippen LogP contribution in [0.5, 0.6) is 0 Å². The van der Waals surface area contributed by atoms with Crippen molar-refractivity contribution >= 4 is 11.8 Å². The van der Waals surface area contributed by atoms with Gasteiger partial charge in [0, 0.05) is 6.54 Å². The van der Waals surface area contributed by atoms with Gasteiger partial charge in [-0.3, -0.25) is 14.5 Å². The van der Waals surface area contributed by atoms with Gasteiger partial charge in [0.2, 0.25) is 0 Å². The third kappa shape index (κ3) is 1.34. The van der Waals surface area contributed by atoms with Crippen LogP contribution in [0, 0.1) is 0 Å². The second kappa shape index (κ2) is 3.40. The van der Waals surface area contributed by atoms with E-state index < -0.39 is 0 Å². The highest BCUT2D eigenvalue weighted by Gasteiger charge is 2.47. The largest absolute Gasteiger partial charge is 0.314 e. The molecular formula is C13H14N2O2. The van der Waals surface area contributed by atoms with Gasteiger partial charge in [-0.25, -0.2) is 0 Å². The predicted molar refractivity (Wildman–Crippen MR) is 62.8 cm³/mol. The Bertz CT molecular complexity index is 469. The molecule has 2 amide bonds. The highest BCUT2D eigenvalue weighted by molar-refractivity contribution is 6.21. The summed E-state index contributed by atoms with van der Waals surface area (Å²) < 4.78 is 0. The maximum absolute atomic E-state index is 12.3. The smallest absolute Gasteiger partial charge is 0.262 e. The molecule has 4 nitrogen and oxygen atoms in total.